The molecule has 66 valence electrons. The van der Waals surface area contributed by atoms with E-state index in [0.717, 1.165) is 12.8 Å². The lowest BCUT2D eigenvalue weighted by molar-refractivity contribution is 0.298. The molecule has 0 atom stereocenters. The molecule has 1 rings (SSSR count). The Morgan fingerprint density at radius 1 is 1.58 bits per heavy atom. The number of hydrogen-bond acceptors (Lipinski definition) is 2. The Morgan fingerprint density at radius 3 is 3.08 bits per heavy atom. The van der Waals surface area contributed by atoms with Crippen LogP contribution < -0.4 is 4.74 Å². The second-order valence-corrected chi connectivity index (χ2v) is 2.90. The van der Waals surface area contributed by atoms with Crippen LogP contribution in [0.5, 0.6) is 5.88 Å². The first-order valence-electron chi connectivity index (χ1n) is 4.08. The van der Waals surface area contributed by atoms with E-state index in [2.05, 4.69) is 11.9 Å². The SMILES string of the molecule is CCCCOc1ncccc1Cl. The molecule has 0 saturated carbocycles. The van der Waals surface area contributed by atoms with Crippen LogP contribution >= 0.6 is 11.6 Å². The minimum atomic E-state index is 0.535. The fraction of sp³-hybridized carbons (Fsp3) is 0.444. The molecule has 0 saturated heterocycles. The molecule has 0 fully saturated rings. The van der Waals surface area contributed by atoms with Crippen molar-refractivity contribution in [3.05, 3.63) is 23.4 Å². The lowest BCUT2D eigenvalue weighted by Gasteiger charge is -2.04. The molecule has 1 heterocycles. The predicted octanol–water partition coefficient (Wildman–Crippen LogP) is 2.91. The summed E-state index contributed by atoms with van der Waals surface area (Å²) >= 11 is 5.82. The van der Waals surface area contributed by atoms with Gasteiger partial charge < -0.3 is 4.74 Å². The van der Waals surface area contributed by atoms with E-state index >= 15 is 0 Å². The first kappa shape index (κ1) is 9.33. The van der Waals surface area contributed by atoms with Crippen molar-refractivity contribution in [2.24, 2.45) is 0 Å². The Morgan fingerprint density at radius 2 is 2.42 bits per heavy atom. The summed E-state index contributed by atoms with van der Waals surface area (Å²) in [5.74, 6) is 0.535. The molecule has 0 aliphatic rings. The Kier molecular flexibility index (Phi) is 3.88. The minimum Gasteiger partial charge on any atom is -0.477 e. The largest absolute Gasteiger partial charge is 0.477 e. The van der Waals surface area contributed by atoms with E-state index in [1.807, 2.05) is 0 Å². The van der Waals surface area contributed by atoms with Crippen LogP contribution in [0.2, 0.25) is 5.02 Å². The molecule has 0 aliphatic heterocycles. The Hall–Kier alpha value is -0.760. The molecule has 1 aromatic rings. The van der Waals surface area contributed by atoms with Crippen LogP contribution in [0, 0.1) is 0 Å². The fourth-order valence-electron chi connectivity index (χ4n) is 0.791. The molecule has 0 spiro atoms. The summed E-state index contributed by atoms with van der Waals surface area (Å²) in [5.41, 5.74) is 0. The van der Waals surface area contributed by atoms with E-state index in [1.165, 1.54) is 0 Å². The number of aromatic nitrogens is 1. The molecular weight excluding hydrogens is 174 g/mol. The number of ether oxygens (including phenoxy) is 1. The summed E-state index contributed by atoms with van der Waals surface area (Å²) < 4.78 is 5.33. The zero-order chi connectivity index (χ0) is 8.81. The van der Waals surface area contributed by atoms with Crippen LogP contribution in [-0.2, 0) is 0 Å². The van der Waals surface area contributed by atoms with Crippen LogP contribution in [0.3, 0.4) is 0 Å². The zero-order valence-electron chi connectivity index (χ0n) is 7.09. The van der Waals surface area contributed by atoms with Gasteiger partial charge >= 0.3 is 0 Å². The number of unbranched alkanes of at least 4 members (excludes halogenated alkanes) is 1. The van der Waals surface area contributed by atoms with Crippen LogP contribution in [0.15, 0.2) is 18.3 Å². The molecule has 0 unspecified atom stereocenters. The van der Waals surface area contributed by atoms with Gasteiger partial charge in [-0.15, -0.1) is 0 Å². The van der Waals surface area contributed by atoms with E-state index in [4.69, 9.17) is 16.3 Å². The Labute approximate surface area is 77.5 Å². The summed E-state index contributed by atoms with van der Waals surface area (Å²) in [6.45, 7) is 2.80. The maximum atomic E-state index is 5.82. The summed E-state index contributed by atoms with van der Waals surface area (Å²) in [6, 6.07) is 3.56. The number of nitrogens with zero attached hydrogens (tertiary/aromatic N) is 1. The van der Waals surface area contributed by atoms with Gasteiger partial charge in [0.2, 0.25) is 5.88 Å². The fourth-order valence-corrected chi connectivity index (χ4v) is 0.967. The first-order valence-corrected chi connectivity index (χ1v) is 4.45. The summed E-state index contributed by atoms with van der Waals surface area (Å²) in [7, 11) is 0. The molecule has 3 heteroatoms. The van der Waals surface area contributed by atoms with Gasteiger partial charge in [0.15, 0.2) is 0 Å². The smallest absolute Gasteiger partial charge is 0.232 e. The van der Waals surface area contributed by atoms with Crippen molar-refractivity contribution in [2.75, 3.05) is 6.61 Å². The average molecular weight is 186 g/mol. The molecule has 0 aliphatic carbocycles. The van der Waals surface area contributed by atoms with E-state index in [9.17, 15) is 0 Å². The highest BCUT2D eigenvalue weighted by molar-refractivity contribution is 6.31. The molecule has 1 aromatic heterocycles. The van der Waals surface area contributed by atoms with Gasteiger partial charge in [-0.25, -0.2) is 4.98 Å². The number of rotatable bonds is 4. The van der Waals surface area contributed by atoms with Gasteiger partial charge in [0.1, 0.15) is 5.02 Å². The van der Waals surface area contributed by atoms with Gasteiger partial charge in [0.25, 0.3) is 0 Å². The van der Waals surface area contributed by atoms with Crippen molar-refractivity contribution in [2.45, 2.75) is 19.8 Å². The van der Waals surface area contributed by atoms with E-state index in [1.54, 1.807) is 18.3 Å². The van der Waals surface area contributed by atoms with Crippen LogP contribution in [0.25, 0.3) is 0 Å². The van der Waals surface area contributed by atoms with Gasteiger partial charge in [-0.3, -0.25) is 0 Å². The summed E-state index contributed by atoms with van der Waals surface area (Å²) in [5, 5.41) is 0.577. The number of halogens is 1. The molecule has 12 heavy (non-hydrogen) atoms. The number of pyridine rings is 1. The van der Waals surface area contributed by atoms with Crippen molar-refractivity contribution in [1.29, 1.82) is 0 Å². The minimum absolute atomic E-state index is 0.535. The van der Waals surface area contributed by atoms with Crippen molar-refractivity contribution in [1.82, 2.24) is 4.98 Å². The summed E-state index contributed by atoms with van der Waals surface area (Å²) in [6.07, 6.45) is 3.82. The van der Waals surface area contributed by atoms with Gasteiger partial charge in [0, 0.05) is 6.20 Å². The first-order chi connectivity index (χ1) is 5.84. The standard InChI is InChI=1S/C9H12ClNO/c1-2-3-7-12-9-8(10)5-4-6-11-9/h4-6H,2-3,7H2,1H3. The zero-order valence-corrected chi connectivity index (χ0v) is 7.84. The Balaban J connectivity index is 2.46. The van der Waals surface area contributed by atoms with Gasteiger partial charge in [0.05, 0.1) is 6.61 Å². The van der Waals surface area contributed by atoms with E-state index in [0.29, 0.717) is 17.5 Å². The van der Waals surface area contributed by atoms with Gasteiger partial charge in [-0.2, -0.15) is 0 Å². The third-order valence-corrected chi connectivity index (χ3v) is 1.75. The predicted molar refractivity (Wildman–Crippen MR) is 49.7 cm³/mol. The highest BCUT2D eigenvalue weighted by Crippen LogP contribution is 2.19. The Bertz CT molecular complexity index is 240. The monoisotopic (exact) mass is 185 g/mol. The van der Waals surface area contributed by atoms with Crippen molar-refractivity contribution in [3.63, 3.8) is 0 Å². The second-order valence-electron chi connectivity index (χ2n) is 2.49. The average Bonchev–Trinajstić information content (AvgIpc) is 2.09. The molecule has 0 radical (unpaired) electrons. The van der Waals surface area contributed by atoms with Crippen LogP contribution in [0.1, 0.15) is 19.8 Å². The maximum absolute atomic E-state index is 5.82. The van der Waals surface area contributed by atoms with Crippen LogP contribution in [-0.4, -0.2) is 11.6 Å². The van der Waals surface area contributed by atoms with Gasteiger partial charge in [-0.1, -0.05) is 24.9 Å². The van der Waals surface area contributed by atoms with Crippen molar-refractivity contribution in [3.8, 4) is 5.88 Å². The van der Waals surface area contributed by atoms with Gasteiger partial charge in [-0.05, 0) is 18.6 Å². The van der Waals surface area contributed by atoms with Crippen molar-refractivity contribution < 1.29 is 4.74 Å². The normalized spacial score (nSPS) is 9.83. The van der Waals surface area contributed by atoms with E-state index in [-0.39, 0.29) is 0 Å². The lowest BCUT2D eigenvalue weighted by atomic mass is 10.4. The summed E-state index contributed by atoms with van der Waals surface area (Å²) in [4.78, 5) is 4.00. The molecular formula is C9H12ClNO. The third-order valence-electron chi connectivity index (χ3n) is 1.46. The number of hydrogen-bond donors (Lipinski definition) is 0. The topological polar surface area (TPSA) is 22.1 Å². The quantitative estimate of drug-likeness (QED) is 0.673. The highest BCUT2D eigenvalue weighted by atomic mass is 35.5. The van der Waals surface area contributed by atoms with E-state index < -0.39 is 0 Å². The molecule has 2 nitrogen and oxygen atoms in total. The molecule has 0 bridgehead atoms. The third kappa shape index (κ3) is 2.70. The highest BCUT2D eigenvalue weighted by Gasteiger charge is 1.99. The van der Waals surface area contributed by atoms with Crippen molar-refractivity contribution >= 4 is 11.6 Å². The molecule has 0 amide bonds. The lowest BCUT2D eigenvalue weighted by Crippen LogP contribution is -1.98. The molecule has 0 N–H and O–H groups in total. The second kappa shape index (κ2) is 4.99. The molecule has 0 aromatic carbocycles. The van der Waals surface area contributed by atoms with Crippen LogP contribution in [0.4, 0.5) is 0 Å². The maximum Gasteiger partial charge on any atom is 0.232 e.